The second-order valence-electron chi connectivity index (χ2n) is 0.888. The Labute approximate surface area is 52.9 Å². The SMILES string of the molecule is N/C=C\SCCCl. The lowest BCUT2D eigenvalue weighted by Crippen LogP contribution is -1.76. The van der Waals surface area contributed by atoms with Gasteiger partial charge in [-0.3, -0.25) is 0 Å². The molecule has 0 aliphatic heterocycles. The van der Waals surface area contributed by atoms with Gasteiger partial charge in [0.05, 0.1) is 0 Å². The van der Waals surface area contributed by atoms with Crippen molar-refractivity contribution in [1.82, 2.24) is 0 Å². The van der Waals surface area contributed by atoms with Crippen LogP contribution in [-0.2, 0) is 0 Å². The normalized spacial score (nSPS) is 10.4. The van der Waals surface area contributed by atoms with Gasteiger partial charge in [0.2, 0.25) is 0 Å². The van der Waals surface area contributed by atoms with Crippen LogP contribution >= 0.6 is 23.4 Å². The third-order valence-corrected chi connectivity index (χ3v) is 1.57. The van der Waals surface area contributed by atoms with Crippen LogP contribution in [0.2, 0.25) is 0 Å². The molecule has 0 spiro atoms. The fraction of sp³-hybridized carbons (Fsp3) is 0.500. The first-order valence-corrected chi connectivity index (χ1v) is 3.54. The Morgan fingerprint density at radius 2 is 2.43 bits per heavy atom. The lowest BCUT2D eigenvalue weighted by Gasteiger charge is -1.82. The van der Waals surface area contributed by atoms with Crippen LogP contribution in [0, 0.1) is 0 Å². The average Bonchev–Trinajstić information content (AvgIpc) is 1.69. The number of hydrogen-bond acceptors (Lipinski definition) is 2. The van der Waals surface area contributed by atoms with Gasteiger partial charge in [-0.25, -0.2) is 0 Å². The molecule has 0 unspecified atom stereocenters. The van der Waals surface area contributed by atoms with Crippen molar-refractivity contribution in [2.75, 3.05) is 11.6 Å². The van der Waals surface area contributed by atoms with Crippen molar-refractivity contribution in [1.29, 1.82) is 0 Å². The van der Waals surface area contributed by atoms with Crippen molar-refractivity contribution in [3.8, 4) is 0 Å². The highest BCUT2D eigenvalue weighted by atomic mass is 35.5. The fourth-order valence-corrected chi connectivity index (χ4v) is 0.772. The number of hydrogen-bond donors (Lipinski definition) is 1. The van der Waals surface area contributed by atoms with E-state index >= 15 is 0 Å². The molecule has 0 amide bonds. The van der Waals surface area contributed by atoms with Gasteiger partial charge < -0.3 is 5.73 Å². The van der Waals surface area contributed by atoms with Gasteiger partial charge in [-0.2, -0.15) is 0 Å². The van der Waals surface area contributed by atoms with Gasteiger partial charge in [-0.1, -0.05) is 0 Å². The summed E-state index contributed by atoms with van der Waals surface area (Å²) in [6.45, 7) is 0. The van der Waals surface area contributed by atoms with Crippen LogP contribution in [0.5, 0.6) is 0 Å². The predicted molar refractivity (Wildman–Crippen MR) is 36.5 cm³/mol. The molecule has 0 bridgehead atoms. The number of halogens is 1. The molecule has 42 valence electrons. The Morgan fingerprint density at radius 3 is 2.86 bits per heavy atom. The summed E-state index contributed by atoms with van der Waals surface area (Å²) >= 11 is 6.96. The quantitative estimate of drug-likeness (QED) is 0.470. The fourth-order valence-electron chi connectivity index (χ4n) is 0.168. The highest BCUT2D eigenvalue weighted by Gasteiger charge is 1.74. The van der Waals surface area contributed by atoms with E-state index in [-0.39, 0.29) is 0 Å². The van der Waals surface area contributed by atoms with Gasteiger partial charge in [-0.15, -0.1) is 23.4 Å². The second-order valence-corrected chi connectivity index (χ2v) is 2.28. The Hall–Kier alpha value is 0.180. The molecule has 0 aliphatic rings. The summed E-state index contributed by atoms with van der Waals surface area (Å²) in [5.74, 6) is 1.63. The molecule has 0 atom stereocenters. The first kappa shape index (κ1) is 7.18. The lowest BCUT2D eigenvalue weighted by atomic mass is 11.0. The maximum atomic E-state index is 5.34. The van der Waals surface area contributed by atoms with Crippen LogP contribution in [0.25, 0.3) is 0 Å². The van der Waals surface area contributed by atoms with Crippen molar-refractivity contribution in [2.45, 2.75) is 0 Å². The summed E-state index contributed by atoms with van der Waals surface area (Å²) in [5, 5.41) is 1.82. The summed E-state index contributed by atoms with van der Waals surface area (Å²) in [6, 6.07) is 0. The monoisotopic (exact) mass is 137 g/mol. The summed E-state index contributed by atoms with van der Waals surface area (Å²) in [5.41, 5.74) is 5.02. The zero-order valence-electron chi connectivity index (χ0n) is 3.93. The zero-order chi connectivity index (χ0) is 5.54. The van der Waals surface area contributed by atoms with Crippen LogP contribution in [0.3, 0.4) is 0 Å². The van der Waals surface area contributed by atoms with E-state index in [1.807, 2.05) is 5.41 Å². The summed E-state index contributed by atoms with van der Waals surface area (Å²) in [4.78, 5) is 0. The van der Waals surface area contributed by atoms with E-state index in [2.05, 4.69) is 0 Å². The van der Waals surface area contributed by atoms with E-state index in [0.29, 0.717) is 5.88 Å². The van der Waals surface area contributed by atoms with E-state index in [1.165, 1.54) is 6.20 Å². The predicted octanol–water partition coefficient (Wildman–Crippen LogP) is 1.39. The molecule has 0 aromatic rings. The molecule has 0 aliphatic carbocycles. The van der Waals surface area contributed by atoms with Crippen molar-refractivity contribution in [3.63, 3.8) is 0 Å². The molecule has 0 aromatic carbocycles. The molecule has 0 rings (SSSR count). The van der Waals surface area contributed by atoms with Crippen LogP contribution in [0.1, 0.15) is 0 Å². The summed E-state index contributed by atoms with van der Waals surface area (Å²) in [7, 11) is 0. The molecule has 3 heteroatoms. The molecule has 2 N–H and O–H groups in total. The van der Waals surface area contributed by atoms with E-state index in [0.717, 1.165) is 5.75 Å². The zero-order valence-corrected chi connectivity index (χ0v) is 5.50. The third kappa shape index (κ3) is 6.18. The largest absolute Gasteiger partial charge is 0.404 e. The van der Waals surface area contributed by atoms with E-state index in [1.54, 1.807) is 11.8 Å². The van der Waals surface area contributed by atoms with Gasteiger partial charge in [0.1, 0.15) is 0 Å². The summed E-state index contributed by atoms with van der Waals surface area (Å²) < 4.78 is 0. The first-order chi connectivity index (χ1) is 3.41. The van der Waals surface area contributed by atoms with E-state index in [9.17, 15) is 0 Å². The van der Waals surface area contributed by atoms with Gasteiger partial charge in [0.15, 0.2) is 0 Å². The molecule has 1 nitrogen and oxygen atoms in total. The van der Waals surface area contributed by atoms with E-state index in [4.69, 9.17) is 17.3 Å². The minimum Gasteiger partial charge on any atom is -0.404 e. The molecular formula is C4H8ClNS. The minimum absolute atomic E-state index is 0.689. The third-order valence-electron chi connectivity index (χ3n) is 0.370. The van der Waals surface area contributed by atoms with Crippen LogP contribution in [0.4, 0.5) is 0 Å². The first-order valence-electron chi connectivity index (χ1n) is 1.96. The maximum Gasteiger partial charge on any atom is 0.0317 e. The van der Waals surface area contributed by atoms with Gasteiger partial charge in [-0.05, 0) is 5.41 Å². The Bertz CT molecular complexity index is 55.7. The lowest BCUT2D eigenvalue weighted by molar-refractivity contribution is 1.54. The van der Waals surface area contributed by atoms with Crippen molar-refractivity contribution in [2.24, 2.45) is 5.73 Å². The van der Waals surface area contributed by atoms with Crippen LogP contribution < -0.4 is 5.73 Å². The number of rotatable bonds is 3. The van der Waals surface area contributed by atoms with Gasteiger partial charge in [0, 0.05) is 17.8 Å². The summed E-state index contributed by atoms with van der Waals surface area (Å²) in [6.07, 6.45) is 1.51. The maximum absolute atomic E-state index is 5.34. The Kier molecular flexibility index (Phi) is 6.34. The Balaban J connectivity index is 2.69. The Morgan fingerprint density at radius 1 is 1.71 bits per heavy atom. The van der Waals surface area contributed by atoms with Crippen LogP contribution in [-0.4, -0.2) is 11.6 Å². The molecule has 0 saturated heterocycles. The number of nitrogens with two attached hydrogens (primary N) is 1. The second kappa shape index (κ2) is 6.18. The van der Waals surface area contributed by atoms with Gasteiger partial charge in [0.25, 0.3) is 0 Å². The molecule has 0 radical (unpaired) electrons. The molecular weight excluding hydrogens is 130 g/mol. The smallest absolute Gasteiger partial charge is 0.0317 e. The topological polar surface area (TPSA) is 26.0 Å². The van der Waals surface area contributed by atoms with Crippen LogP contribution in [0.15, 0.2) is 11.6 Å². The highest BCUT2D eigenvalue weighted by molar-refractivity contribution is 8.02. The molecule has 0 heterocycles. The highest BCUT2D eigenvalue weighted by Crippen LogP contribution is 1.99. The van der Waals surface area contributed by atoms with Crippen molar-refractivity contribution < 1.29 is 0 Å². The standard InChI is InChI=1S/C4H8ClNS/c5-1-3-7-4-2-6/h2,4H,1,3,6H2/b4-2-. The minimum atomic E-state index is 0.689. The van der Waals surface area contributed by atoms with E-state index < -0.39 is 0 Å². The molecule has 0 fully saturated rings. The van der Waals surface area contributed by atoms with Gasteiger partial charge >= 0.3 is 0 Å². The van der Waals surface area contributed by atoms with Crippen molar-refractivity contribution >= 4 is 23.4 Å². The molecule has 7 heavy (non-hydrogen) atoms. The van der Waals surface area contributed by atoms with Crippen molar-refractivity contribution in [3.05, 3.63) is 11.6 Å². The molecule has 0 aromatic heterocycles. The number of thioether (sulfide) groups is 1. The average molecular weight is 138 g/mol. The number of alkyl halides is 1. The molecule has 0 saturated carbocycles.